The van der Waals surface area contributed by atoms with Crippen LogP contribution in [0, 0.1) is 11.3 Å². The Kier molecular flexibility index (Phi) is 4.92. The fourth-order valence-electron chi connectivity index (χ4n) is 2.53. The summed E-state index contributed by atoms with van der Waals surface area (Å²) >= 11 is 0. The molecular formula is C14H19N3OS. The number of hydrogen-bond donors (Lipinski definition) is 1. The molecule has 5 heteroatoms. The molecule has 0 amide bonds. The molecule has 2 rings (SSSR count). The van der Waals surface area contributed by atoms with Crippen molar-refractivity contribution in [1.29, 1.82) is 5.26 Å². The summed E-state index contributed by atoms with van der Waals surface area (Å²) in [5, 5.41) is 12.5. The number of pyridine rings is 1. The molecule has 0 spiro atoms. The lowest BCUT2D eigenvalue weighted by molar-refractivity contribution is 0.465. The van der Waals surface area contributed by atoms with E-state index in [9.17, 15) is 4.21 Å². The van der Waals surface area contributed by atoms with Gasteiger partial charge in [0.2, 0.25) is 0 Å². The third-order valence-corrected chi connectivity index (χ3v) is 5.27. The number of hydrogen-bond acceptors (Lipinski definition) is 4. The molecule has 19 heavy (non-hydrogen) atoms. The lowest BCUT2D eigenvalue weighted by Crippen LogP contribution is -2.33. The highest BCUT2D eigenvalue weighted by Crippen LogP contribution is 2.25. The predicted molar refractivity (Wildman–Crippen MR) is 77.3 cm³/mol. The highest BCUT2D eigenvalue weighted by Gasteiger charge is 2.25. The van der Waals surface area contributed by atoms with Crippen molar-refractivity contribution in [2.75, 3.05) is 11.1 Å². The first kappa shape index (κ1) is 14.0. The third-order valence-electron chi connectivity index (χ3n) is 3.53. The van der Waals surface area contributed by atoms with E-state index in [4.69, 9.17) is 5.26 Å². The van der Waals surface area contributed by atoms with Crippen LogP contribution in [0.15, 0.2) is 18.3 Å². The van der Waals surface area contributed by atoms with Gasteiger partial charge in [0.15, 0.2) is 0 Å². The lowest BCUT2D eigenvalue weighted by Gasteiger charge is -2.29. The van der Waals surface area contributed by atoms with E-state index >= 15 is 0 Å². The number of anilines is 1. The van der Waals surface area contributed by atoms with Crippen LogP contribution in [0.5, 0.6) is 0 Å². The van der Waals surface area contributed by atoms with Gasteiger partial charge in [0.05, 0.1) is 11.9 Å². The lowest BCUT2D eigenvalue weighted by atomic mass is 9.95. The van der Waals surface area contributed by atoms with Crippen molar-refractivity contribution in [2.45, 2.75) is 43.9 Å². The number of aromatic nitrogens is 1. The van der Waals surface area contributed by atoms with Gasteiger partial charge in [-0.3, -0.25) is 4.21 Å². The Bertz CT molecular complexity index is 480. The maximum Gasteiger partial charge on any atom is 0.140 e. The largest absolute Gasteiger partial charge is 0.381 e. The van der Waals surface area contributed by atoms with Crippen LogP contribution < -0.4 is 5.32 Å². The maximum absolute atomic E-state index is 11.9. The van der Waals surface area contributed by atoms with Gasteiger partial charge in [-0.05, 0) is 31.4 Å². The first-order chi connectivity index (χ1) is 9.22. The molecule has 3 unspecified atom stereocenters. The number of nitrogens with one attached hydrogen (secondary N) is 1. The molecular weight excluding hydrogens is 258 g/mol. The van der Waals surface area contributed by atoms with Crippen molar-refractivity contribution in [3.8, 4) is 6.07 Å². The van der Waals surface area contributed by atoms with Crippen LogP contribution in [0.25, 0.3) is 0 Å². The van der Waals surface area contributed by atoms with Crippen LogP contribution in [-0.2, 0) is 10.8 Å². The van der Waals surface area contributed by atoms with E-state index in [1.807, 2.05) is 19.1 Å². The van der Waals surface area contributed by atoms with Gasteiger partial charge in [-0.1, -0.05) is 13.3 Å². The van der Waals surface area contributed by atoms with E-state index in [-0.39, 0.29) is 0 Å². The van der Waals surface area contributed by atoms with Crippen LogP contribution in [-0.4, -0.2) is 26.2 Å². The van der Waals surface area contributed by atoms with Crippen molar-refractivity contribution in [1.82, 2.24) is 4.98 Å². The first-order valence-electron chi connectivity index (χ1n) is 6.72. The Labute approximate surface area is 116 Å². The molecule has 1 saturated carbocycles. The highest BCUT2D eigenvalue weighted by atomic mass is 32.2. The van der Waals surface area contributed by atoms with E-state index < -0.39 is 10.8 Å². The highest BCUT2D eigenvalue weighted by molar-refractivity contribution is 7.85. The molecule has 1 heterocycles. The Morgan fingerprint density at radius 1 is 1.53 bits per heavy atom. The molecule has 0 radical (unpaired) electrons. The first-order valence-corrected chi connectivity index (χ1v) is 8.11. The van der Waals surface area contributed by atoms with Gasteiger partial charge in [-0.25, -0.2) is 4.98 Å². The smallest absolute Gasteiger partial charge is 0.140 e. The van der Waals surface area contributed by atoms with Crippen LogP contribution >= 0.6 is 0 Å². The second-order valence-corrected chi connectivity index (χ2v) is 6.85. The van der Waals surface area contributed by atoms with E-state index in [2.05, 4.69) is 10.3 Å². The van der Waals surface area contributed by atoms with E-state index in [0.717, 1.165) is 37.1 Å². The van der Waals surface area contributed by atoms with Gasteiger partial charge in [-0.2, -0.15) is 5.26 Å². The fraction of sp³-hybridized carbons (Fsp3) is 0.571. The second kappa shape index (κ2) is 6.67. The molecule has 1 N–H and O–H groups in total. The predicted octanol–water partition coefficient (Wildman–Crippen LogP) is 2.44. The van der Waals surface area contributed by atoms with Crippen LogP contribution in [0.3, 0.4) is 0 Å². The molecule has 0 bridgehead atoms. The number of nitriles is 1. The van der Waals surface area contributed by atoms with Crippen molar-refractivity contribution in [3.05, 3.63) is 24.0 Å². The molecule has 1 aliphatic carbocycles. The normalized spacial score (nSPS) is 24.4. The van der Waals surface area contributed by atoms with Crippen molar-refractivity contribution in [3.63, 3.8) is 0 Å². The molecule has 0 aliphatic heterocycles. The van der Waals surface area contributed by atoms with E-state index in [0.29, 0.717) is 17.0 Å². The number of rotatable bonds is 4. The van der Waals surface area contributed by atoms with E-state index in [1.54, 1.807) is 12.3 Å². The van der Waals surface area contributed by atoms with Gasteiger partial charge in [0.1, 0.15) is 11.8 Å². The summed E-state index contributed by atoms with van der Waals surface area (Å²) in [5.41, 5.74) is 1.37. The zero-order valence-corrected chi connectivity index (χ0v) is 11.9. The van der Waals surface area contributed by atoms with Crippen molar-refractivity contribution >= 4 is 16.5 Å². The molecule has 3 atom stereocenters. The van der Waals surface area contributed by atoms with Gasteiger partial charge in [0.25, 0.3) is 0 Å². The Balaban J connectivity index is 1.94. The summed E-state index contributed by atoms with van der Waals surface area (Å²) in [7, 11) is -0.696. The summed E-state index contributed by atoms with van der Waals surface area (Å²) < 4.78 is 11.9. The molecule has 4 nitrogen and oxygen atoms in total. The van der Waals surface area contributed by atoms with Gasteiger partial charge < -0.3 is 5.32 Å². The molecule has 0 saturated heterocycles. The quantitative estimate of drug-likeness (QED) is 0.918. The Morgan fingerprint density at radius 3 is 3.00 bits per heavy atom. The van der Waals surface area contributed by atoms with Gasteiger partial charge >= 0.3 is 0 Å². The molecule has 1 aliphatic rings. The van der Waals surface area contributed by atoms with Crippen molar-refractivity contribution in [2.24, 2.45) is 0 Å². The zero-order valence-electron chi connectivity index (χ0n) is 11.1. The standard InChI is InChI=1S/C14H19N3OS/c1-2-19(18)14-5-3-4-11(8-14)17-13-7-6-12(9-15)16-10-13/h6-7,10-11,14,17H,2-5,8H2,1H3. The van der Waals surface area contributed by atoms with Crippen LogP contribution in [0.2, 0.25) is 0 Å². The summed E-state index contributed by atoms with van der Waals surface area (Å²) in [6.45, 7) is 1.98. The van der Waals surface area contributed by atoms with Crippen LogP contribution in [0.4, 0.5) is 5.69 Å². The van der Waals surface area contributed by atoms with Crippen molar-refractivity contribution < 1.29 is 4.21 Å². The topological polar surface area (TPSA) is 65.8 Å². The fourth-order valence-corrected chi connectivity index (χ4v) is 3.88. The maximum atomic E-state index is 11.9. The summed E-state index contributed by atoms with van der Waals surface area (Å²) in [6, 6.07) is 5.97. The number of nitrogens with zero attached hydrogens (tertiary/aromatic N) is 2. The minimum absolute atomic E-state index is 0.322. The third kappa shape index (κ3) is 3.77. The SMILES string of the molecule is CCS(=O)C1CCCC(Nc2ccc(C#N)nc2)C1. The molecule has 102 valence electrons. The van der Waals surface area contributed by atoms with Gasteiger partial charge in [0, 0.05) is 27.8 Å². The molecule has 0 aromatic carbocycles. The molecule has 1 fully saturated rings. The monoisotopic (exact) mass is 277 g/mol. The summed E-state index contributed by atoms with van der Waals surface area (Å²) in [5.74, 6) is 0.746. The Morgan fingerprint density at radius 2 is 2.37 bits per heavy atom. The average molecular weight is 277 g/mol. The zero-order chi connectivity index (χ0) is 13.7. The Hall–Kier alpha value is -1.41. The summed E-state index contributed by atoms with van der Waals surface area (Å²) in [4.78, 5) is 4.05. The van der Waals surface area contributed by atoms with Gasteiger partial charge in [-0.15, -0.1) is 0 Å². The average Bonchev–Trinajstić information content (AvgIpc) is 2.47. The second-order valence-electron chi connectivity index (χ2n) is 4.84. The minimum Gasteiger partial charge on any atom is -0.381 e. The van der Waals surface area contributed by atoms with E-state index in [1.165, 1.54) is 0 Å². The van der Waals surface area contributed by atoms with Crippen LogP contribution in [0.1, 0.15) is 38.3 Å². The summed E-state index contributed by atoms with van der Waals surface area (Å²) in [6.07, 6.45) is 5.96. The molecule has 1 aromatic rings. The minimum atomic E-state index is -0.696. The molecule has 1 aromatic heterocycles.